The Labute approximate surface area is 101 Å². The Bertz CT molecular complexity index is 275. The van der Waals surface area contributed by atoms with Gasteiger partial charge in [0, 0.05) is 6.54 Å². The van der Waals surface area contributed by atoms with Crippen molar-refractivity contribution < 1.29 is 19.4 Å². The van der Waals surface area contributed by atoms with Crippen molar-refractivity contribution >= 4 is 11.9 Å². The van der Waals surface area contributed by atoms with Crippen LogP contribution in [0.4, 0.5) is 0 Å². The third-order valence-corrected chi connectivity index (χ3v) is 2.88. The van der Waals surface area contributed by atoms with E-state index in [0.717, 1.165) is 25.8 Å². The summed E-state index contributed by atoms with van der Waals surface area (Å²) in [4.78, 5) is 22.0. The van der Waals surface area contributed by atoms with E-state index in [9.17, 15) is 9.59 Å². The van der Waals surface area contributed by atoms with Crippen LogP contribution < -0.4 is 10.6 Å². The number of aliphatic carboxylic acids is 1. The van der Waals surface area contributed by atoms with Gasteiger partial charge in [-0.1, -0.05) is 0 Å². The summed E-state index contributed by atoms with van der Waals surface area (Å²) in [7, 11) is 0. The summed E-state index contributed by atoms with van der Waals surface area (Å²) in [6.45, 7) is 2.97. The molecule has 3 N–H and O–H groups in total. The minimum atomic E-state index is -1.00. The van der Waals surface area contributed by atoms with Gasteiger partial charge in [0.15, 0.2) is 0 Å². The first-order chi connectivity index (χ1) is 8.04. The number of carboxylic acids is 1. The van der Waals surface area contributed by atoms with Gasteiger partial charge in [0.05, 0.1) is 12.1 Å². The van der Waals surface area contributed by atoms with Gasteiger partial charge in [0.2, 0.25) is 5.91 Å². The lowest BCUT2D eigenvalue weighted by molar-refractivity contribution is -0.142. The van der Waals surface area contributed by atoms with Crippen molar-refractivity contribution in [2.24, 2.45) is 0 Å². The first-order valence-corrected chi connectivity index (χ1v) is 5.87. The number of ether oxygens (including phenoxy) is 1. The second-order valence-corrected chi connectivity index (χ2v) is 4.42. The fourth-order valence-electron chi connectivity index (χ4n) is 1.84. The van der Waals surface area contributed by atoms with Crippen LogP contribution >= 0.6 is 0 Å². The van der Waals surface area contributed by atoms with E-state index in [-0.39, 0.29) is 19.1 Å². The Morgan fingerprint density at radius 1 is 1.47 bits per heavy atom. The van der Waals surface area contributed by atoms with E-state index in [0.29, 0.717) is 6.54 Å². The number of carbonyl (C=O) groups is 2. The summed E-state index contributed by atoms with van der Waals surface area (Å²) < 4.78 is 4.83. The smallest absolute Gasteiger partial charge is 0.329 e. The molecule has 1 unspecified atom stereocenters. The number of carboxylic acid groups (broad SMARTS) is 1. The molecule has 98 valence electrons. The van der Waals surface area contributed by atoms with Crippen molar-refractivity contribution in [3.05, 3.63) is 0 Å². The maximum Gasteiger partial charge on any atom is 0.329 e. The highest BCUT2D eigenvalue weighted by Crippen LogP contribution is 2.18. The Kier molecular flexibility index (Phi) is 5.37. The van der Waals surface area contributed by atoms with Gasteiger partial charge >= 0.3 is 5.97 Å². The number of piperidine rings is 1. The van der Waals surface area contributed by atoms with Crippen molar-refractivity contribution in [1.29, 1.82) is 0 Å². The number of hydrogen-bond acceptors (Lipinski definition) is 4. The van der Waals surface area contributed by atoms with E-state index < -0.39 is 11.5 Å². The Hall–Kier alpha value is -1.14. The molecule has 0 aromatic carbocycles. The summed E-state index contributed by atoms with van der Waals surface area (Å²) in [6.07, 6.45) is 2.98. The van der Waals surface area contributed by atoms with Gasteiger partial charge in [-0.2, -0.15) is 0 Å². The second kappa shape index (κ2) is 6.56. The lowest BCUT2D eigenvalue weighted by Gasteiger charge is -2.33. The largest absolute Gasteiger partial charge is 0.480 e. The molecule has 1 aliphatic heterocycles. The molecule has 0 saturated carbocycles. The highest BCUT2D eigenvalue weighted by molar-refractivity contribution is 5.85. The Morgan fingerprint density at radius 2 is 2.24 bits per heavy atom. The third kappa shape index (κ3) is 4.70. The van der Waals surface area contributed by atoms with Gasteiger partial charge in [0.25, 0.3) is 0 Å². The molecule has 1 rings (SSSR count). The molecular weight excluding hydrogens is 224 g/mol. The summed E-state index contributed by atoms with van der Waals surface area (Å²) in [5.41, 5.74) is -0.495. The number of hydrogen-bond donors (Lipinski definition) is 3. The maximum absolute atomic E-state index is 11.9. The van der Waals surface area contributed by atoms with E-state index >= 15 is 0 Å². The van der Waals surface area contributed by atoms with E-state index in [1.54, 1.807) is 0 Å². The zero-order valence-electron chi connectivity index (χ0n) is 10.1. The fourth-order valence-corrected chi connectivity index (χ4v) is 1.84. The van der Waals surface area contributed by atoms with Crippen molar-refractivity contribution in [2.75, 3.05) is 26.3 Å². The summed E-state index contributed by atoms with van der Waals surface area (Å²) in [6, 6.07) is 0. The second-order valence-electron chi connectivity index (χ2n) is 4.42. The summed E-state index contributed by atoms with van der Waals surface area (Å²) in [5, 5.41) is 14.3. The molecular formula is C11H20N2O4. The Balaban J connectivity index is 2.17. The SMILES string of the molecule is CC1(C(=O)NCCOCC(=O)O)CCCCN1. The number of nitrogens with one attached hydrogen (secondary N) is 2. The van der Waals surface area contributed by atoms with Crippen LogP contribution in [-0.4, -0.2) is 48.8 Å². The molecule has 0 aromatic rings. The zero-order chi connectivity index (χ0) is 12.7. The minimum Gasteiger partial charge on any atom is -0.480 e. The molecule has 6 nitrogen and oxygen atoms in total. The van der Waals surface area contributed by atoms with E-state index in [1.165, 1.54) is 0 Å². The quantitative estimate of drug-likeness (QED) is 0.560. The van der Waals surface area contributed by atoms with Crippen molar-refractivity contribution in [1.82, 2.24) is 10.6 Å². The van der Waals surface area contributed by atoms with Crippen LogP contribution in [-0.2, 0) is 14.3 Å². The molecule has 17 heavy (non-hydrogen) atoms. The van der Waals surface area contributed by atoms with Gasteiger partial charge in [-0.15, -0.1) is 0 Å². The zero-order valence-corrected chi connectivity index (χ0v) is 10.1. The molecule has 0 aliphatic carbocycles. The molecule has 1 amide bonds. The van der Waals surface area contributed by atoms with Crippen LogP contribution in [0.25, 0.3) is 0 Å². The first-order valence-electron chi connectivity index (χ1n) is 5.87. The molecule has 1 heterocycles. The average Bonchev–Trinajstić information content (AvgIpc) is 2.29. The molecule has 1 fully saturated rings. The van der Waals surface area contributed by atoms with Gasteiger partial charge in [-0.3, -0.25) is 4.79 Å². The van der Waals surface area contributed by atoms with Crippen LogP contribution in [0.2, 0.25) is 0 Å². The number of carbonyl (C=O) groups excluding carboxylic acids is 1. The average molecular weight is 244 g/mol. The molecule has 6 heteroatoms. The van der Waals surface area contributed by atoms with Gasteiger partial charge in [-0.25, -0.2) is 4.79 Å². The monoisotopic (exact) mass is 244 g/mol. The van der Waals surface area contributed by atoms with E-state index in [2.05, 4.69) is 10.6 Å². The van der Waals surface area contributed by atoms with Crippen molar-refractivity contribution in [3.8, 4) is 0 Å². The normalized spacial score (nSPS) is 24.3. The maximum atomic E-state index is 11.9. The van der Waals surface area contributed by atoms with Crippen molar-refractivity contribution in [2.45, 2.75) is 31.7 Å². The minimum absolute atomic E-state index is 0.0453. The highest BCUT2D eigenvalue weighted by atomic mass is 16.5. The lowest BCUT2D eigenvalue weighted by atomic mass is 9.90. The van der Waals surface area contributed by atoms with Crippen LogP contribution in [0.15, 0.2) is 0 Å². The van der Waals surface area contributed by atoms with Gasteiger partial charge in [-0.05, 0) is 32.7 Å². The molecule has 0 bridgehead atoms. The molecule has 0 radical (unpaired) electrons. The predicted octanol–water partition coefficient (Wildman–Crippen LogP) is -0.264. The number of rotatable bonds is 6. The third-order valence-electron chi connectivity index (χ3n) is 2.88. The van der Waals surface area contributed by atoms with Crippen LogP contribution in [0.5, 0.6) is 0 Å². The molecule has 1 saturated heterocycles. The molecule has 1 aliphatic rings. The summed E-state index contributed by atoms with van der Waals surface area (Å²) in [5.74, 6) is -1.05. The topological polar surface area (TPSA) is 87.7 Å². The Morgan fingerprint density at radius 3 is 2.82 bits per heavy atom. The van der Waals surface area contributed by atoms with Crippen LogP contribution in [0.3, 0.4) is 0 Å². The molecule has 0 aromatic heterocycles. The van der Waals surface area contributed by atoms with E-state index in [4.69, 9.17) is 9.84 Å². The molecule has 1 atom stereocenters. The lowest BCUT2D eigenvalue weighted by Crippen LogP contribution is -2.57. The van der Waals surface area contributed by atoms with Gasteiger partial charge < -0.3 is 20.5 Å². The van der Waals surface area contributed by atoms with Gasteiger partial charge in [0.1, 0.15) is 6.61 Å². The first kappa shape index (κ1) is 13.9. The van der Waals surface area contributed by atoms with Crippen LogP contribution in [0, 0.1) is 0 Å². The standard InChI is InChI=1S/C11H20N2O4/c1-11(4-2-3-5-13-11)10(16)12-6-7-17-8-9(14)15/h13H,2-8H2,1H3,(H,12,16)(H,14,15). The number of amides is 1. The highest BCUT2D eigenvalue weighted by Gasteiger charge is 2.33. The van der Waals surface area contributed by atoms with Crippen molar-refractivity contribution in [3.63, 3.8) is 0 Å². The summed E-state index contributed by atoms with van der Waals surface area (Å²) >= 11 is 0. The van der Waals surface area contributed by atoms with E-state index in [1.807, 2.05) is 6.92 Å². The fraction of sp³-hybridized carbons (Fsp3) is 0.818. The molecule has 0 spiro atoms. The van der Waals surface area contributed by atoms with Crippen LogP contribution in [0.1, 0.15) is 26.2 Å². The predicted molar refractivity (Wildman–Crippen MR) is 61.7 cm³/mol.